The Labute approximate surface area is 205 Å². The molecule has 1 unspecified atom stereocenters. The number of nitrogens with zero attached hydrogens (tertiary/aromatic N) is 3. The molecule has 2 aliphatic rings. The standard InChI is InChI=1S/C24H39FN4O4S/c1-3-4-5-6-20-7-8-21(19-22(20)25)28-13-15-29(16-14-28)34(32)24(23(30)26-31)9-11-27(12-10-24)17-18-33-2/h7-8,19,31H,3-6,9-18H2,1-2H3,(H,26,30). The monoisotopic (exact) mass is 498 g/mol. The molecule has 0 bridgehead atoms. The normalized spacial score (nSPS) is 20.3. The van der Waals surface area contributed by atoms with Gasteiger partial charge in [-0.05, 0) is 30.5 Å². The first kappa shape index (κ1) is 27.2. The van der Waals surface area contributed by atoms with Gasteiger partial charge >= 0.3 is 5.91 Å². The summed E-state index contributed by atoms with van der Waals surface area (Å²) in [5.74, 6) is -0.751. The van der Waals surface area contributed by atoms with Crippen LogP contribution in [-0.4, -0.2) is 89.1 Å². The predicted molar refractivity (Wildman–Crippen MR) is 132 cm³/mol. The van der Waals surface area contributed by atoms with E-state index in [9.17, 15) is 18.9 Å². The van der Waals surface area contributed by atoms with Crippen LogP contribution in [0.2, 0.25) is 0 Å². The van der Waals surface area contributed by atoms with Gasteiger partial charge in [0.1, 0.15) is 5.82 Å². The van der Waals surface area contributed by atoms with Crippen LogP contribution in [0.3, 0.4) is 0 Å². The molecule has 1 aromatic carbocycles. The number of anilines is 1. The van der Waals surface area contributed by atoms with Crippen LogP contribution in [0.5, 0.6) is 0 Å². The van der Waals surface area contributed by atoms with Crippen LogP contribution in [0.1, 0.15) is 44.6 Å². The number of hydroxylamine groups is 1. The summed E-state index contributed by atoms with van der Waals surface area (Å²) in [7, 11) is 1.65. The number of hydrogen-bond acceptors (Lipinski definition) is 7. The second-order valence-electron chi connectivity index (χ2n) is 9.17. The number of piperazine rings is 1. The van der Waals surface area contributed by atoms with E-state index in [0.29, 0.717) is 58.7 Å². The van der Waals surface area contributed by atoms with E-state index in [1.165, 1.54) is 0 Å². The number of halogens is 1. The number of carbonyl (C=O) groups is 1. The molecule has 2 N–H and O–H groups in total. The van der Waals surface area contributed by atoms with E-state index >= 15 is 0 Å². The Hall–Kier alpha value is -1.43. The van der Waals surface area contributed by atoms with E-state index in [-0.39, 0.29) is 5.82 Å². The molecule has 0 aliphatic carbocycles. The quantitative estimate of drug-likeness (QED) is 0.209. The molecule has 8 nitrogen and oxygen atoms in total. The van der Waals surface area contributed by atoms with Crippen LogP contribution in [0.15, 0.2) is 18.2 Å². The zero-order chi connectivity index (χ0) is 24.6. The summed E-state index contributed by atoms with van der Waals surface area (Å²) in [5, 5.41) is 9.38. The van der Waals surface area contributed by atoms with Gasteiger partial charge in [0.15, 0.2) is 0 Å². The number of aryl methyl sites for hydroxylation is 1. The number of carbonyl (C=O) groups excluding carboxylic acids is 1. The topological polar surface area (TPSA) is 91.3 Å². The molecule has 1 aromatic rings. The number of piperidine rings is 1. The smallest absolute Gasteiger partial charge is 0.301 e. The van der Waals surface area contributed by atoms with Gasteiger partial charge in [-0.3, -0.25) is 10.0 Å². The zero-order valence-electron chi connectivity index (χ0n) is 20.4. The average molecular weight is 499 g/mol. The van der Waals surface area contributed by atoms with Gasteiger partial charge in [-0.15, -0.1) is 4.31 Å². The number of methoxy groups -OCH3 is 1. The van der Waals surface area contributed by atoms with Crippen molar-refractivity contribution in [2.75, 3.05) is 64.4 Å². The molecule has 3 rings (SSSR count). The average Bonchev–Trinajstić information content (AvgIpc) is 2.88. The molecule has 0 saturated carbocycles. The summed E-state index contributed by atoms with van der Waals surface area (Å²) in [6.07, 6.45) is 4.76. The Morgan fingerprint density at radius 1 is 1.21 bits per heavy atom. The third kappa shape index (κ3) is 6.41. The third-order valence-corrected chi connectivity index (χ3v) is 9.15. The van der Waals surface area contributed by atoms with E-state index < -0.39 is 22.0 Å². The highest BCUT2D eigenvalue weighted by atomic mass is 32.2. The number of nitrogens with one attached hydrogen (secondary N) is 1. The molecular weight excluding hydrogens is 459 g/mol. The summed E-state index contributed by atoms with van der Waals surface area (Å²) >= 11 is -1.58. The van der Waals surface area contributed by atoms with Crippen molar-refractivity contribution in [2.24, 2.45) is 0 Å². The van der Waals surface area contributed by atoms with Gasteiger partial charge in [0.2, 0.25) is 4.75 Å². The van der Waals surface area contributed by atoms with E-state index in [1.807, 2.05) is 16.4 Å². The molecule has 2 fully saturated rings. The third-order valence-electron chi connectivity index (χ3n) is 7.05. The highest BCUT2D eigenvalue weighted by Gasteiger charge is 2.55. The molecule has 0 radical (unpaired) electrons. The van der Waals surface area contributed by atoms with Crippen molar-refractivity contribution in [3.63, 3.8) is 0 Å². The van der Waals surface area contributed by atoms with Gasteiger partial charge in [-0.2, -0.15) is 0 Å². The maximum atomic E-state index is 14.6. The predicted octanol–water partition coefficient (Wildman–Crippen LogP) is 2.33. The molecule has 2 aliphatic heterocycles. The Bertz CT molecular complexity index is 786. The molecule has 2 saturated heterocycles. The first-order valence-corrected chi connectivity index (χ1v) is 13.4. The lowest BCUT2D eigenvalue weighted by Gasteiger charge is -2.44. The Morgan fingerprint density at radius 2 is 1.91 bits per heavy atom. The first-order chi connectivity index (χ1) is 16.4. The largest absolute Gasteiger partial charge is 0.597 e. The first-order valence-electron chi connectivity index (χ1n) is 12.3. The second kappa shape index (κ2) is 13.0. The van der Waals surface area contributed by atoms with Crippen LogP contribution in [-0.2, 0) is 27.3 Å². The van der Waals surface area contributed by atoms with E-state index in [2.05, 4.69) is 16.7 Å². The molecule has 192 valence electrons. The van der Waals surface area contributed by atoms with Gasteiger partial charge in [0, 0.05) is 58.4 Å². The fraction of sp³-hybridized carbons (Fsp3) is 0.708. The van der Waals surface area contributed by atoms with E-state index in [0.717, 1.165) is 43.5 Å². The number of unbranched alkanes of at least 4 members (excludes halogenated alkanes) is 2. The molecule has 0 spiro atoms. The summed E-state index contributed by atoms with van der Waals surface area (Å²) in [6, 6.07) is 5.44. The lowest BCUT2D eigenvalue weighted by molar-refractivity contribution is -0.133. The lowest BCUT2D eigenvalue weighted by Crippen LogP contribution is -2.63. The SMILES string of the molecule is CCCCCc1ccc(N2CCN([S+]([O-])C3(C(=O)NO)CCN(CCOC)CC3)CC2)cc1F. The summed E-state index contributed by atoms with van der Waals surface area (Å²) in [4.78, 5) is 16.9. The second-order valence-corrected chi connectivity index (χ2v) is 11.0. The number of rotatable bonds is 11. The maximum absolute atomic E-state index is 14.6. The van der Waals surface area contributed by atoms with E-state index in [4.69, 9.17) is 4.74 Å². The summed E-state index contributed by atoms with van der Waals surface area (Å²) in [6.45, 7) is 6.92. The Balaban J connectivity index is 1.59. The number of likely N-dealkylation sites (tertiary alicyclic amines) is 1. The van der Waals surface area contributed by atoms with E-state index in [1.54, 1.807) is 18.7 Å². The van der Waals surface area contributed by atoms with Crippen molar-refractivity contribution in [1.29, 1.82) is 0 Å². The van der Waals surface area contributed by atoms with Crippen LogP contribution in [0.4, 0.5) is 10.1 Å². The van der Waals surface area contributed by atoms with Gasteiger partial charge in [0.25, 0.3) is 0 Å². The molecule has 34 heavy (non-hydrogen) atoms. The number of hydrogen-bond donors (Lipinski definition) is 2. The van der Waals surface area contributed by atoms with Gasteiger partial charge < -0.3 is 19.1 Å². The Morgan fingerprint density at radius 3 is 2.50 bits per heavy atom. The van der Waals surface area contributed by atoms with Crippen LogP contribution in [0, 0.1) is 5.82 Å². The van der Waals surface area contributed by atoms with Crippen LogP contribution < -0.4 is 10.4 Å². The minimum atomic E-state index is -1.58. The van der Waals surface area contributed by atoms with Crippen molar-refractivity contribution >= 4 is 23.0 Å². The fourth-order valence-corrected chi connectivity index (χ4v) is 6.53. The molecule has 1 amide bonds. The highest BCUT2D eigenvalue weighted by molar-refractivity contribution is 7.91. The van der Waals surface area contributed by atoms with Crippen molar-refractivity contribution in [3.05, 3.63) is 29.6 Å². The number of amides is 1. The van der Waals surface area contributed by atoms with Crippen molar-refractivity contribution < 1.29 is 23.7 Å². The maximum Gasteiger partial charge on any atom is 0.301 e. The minimum absolute atomic E-state index is 0.168. The number of benzene rings is 1. The van der Waals surface area contributed by atoms with Crippen molar-refractivity contribution in [2.45, 2.75) is 50.2 Å². The molecule has 10 heteroatoms. The van der Waals surface area contributed by atoms with Crippen molar-refractivity contribution in [3.8, 4) is 0 Å². The van der Waals surface area contributed by atoms with Crippen molar-refractivity contribution in [1.82, 2.24) is 14.7 Å². The van der Waals surface area contributed by atoms with Crippen LogP contribution >= 0.6 is 0 Å². The van der Waals surface area contributed by atoms with Gasteiger partial charge in [-0.25, -0.2) is 9.87 Å². The summed E-state index contributed by atoms with van der Waals surface area (Å²) < 4.78 is 34.0. The Kier molecular flexibility index (Phi) is 10.4. The molecule has 0 aromatic heterocycles. The molecule has 1 atom stereocenters. The van der Waals surface area contributed by atoms with Crippen LogP contribution in [0.25, 0.3) is 0 Å². The van der Waals surface area contributed by atoms with Gasteiger partial charge in [-0.1, -0.05) is 25.8 Å². The lowest BCUT2D eigenvalue weighted by atomic mass is 9.95. The summed E-state index contributed by atoms with van der Waals surface area (Å²) in [5.41, 5.74) is 3.35. The molecular formula is C24H39FN4O4S. The highest BCUT2D eigenvalue weighted by Crippen LogP contribution is 2.34. The molecule has 2 heterocycles. The van der Waals surface area contributed by atoms with Gasteiger partial charge in [0.05, 0.1) is 31.1 Å². The number of ether oxygens (including phenoxy) is 1. The minimum Gasteiger partial charge on any atom is -0.597 e. The zero-order valence-corrected chi connectivity index (χ0v) is 21.2. The fourth-order valence-electron chi connectivity index (χ4n) is 4.80.